The van der Waals surface area contributed by atoms with E-state index in [1.165, 1.54) is 0 Å². The molecular formula is C13H20N2O2. The summed E-state index contributed by atoms with van der Waals surface area (Å²) in [5, 5.41) is 15.6. The molecule has 4 nitrogen and oxygen atoms in total. The maximum atomic E-state index is 11.4. The van der Waals surface area contributed by atoms with E-state index in [1.54, 1.807) is 19.2 Å². The largest absolute Gasteiger partial charge is 0.508 e. The van der Waals surface area contributed by atoms with Crippen molar-refractivity contribution in [3.05, 3.63) is 29.8 Å². The fourth-order valence-corrected chi connectivity index (χ4v) is 1.80. The van der Waals surface area contributed by atoms with Crippen molar-refractivity contribution in [1.29, 1.82) is 0 Å². The molecule has 4 heteroatoms. The van der Waals surface area contributed by atoms with Crippen LogP contribution in [0.1, 0.15) is 31.9 Å². The predicted molar refractivity (Wildman–Crippen MR) is 67.8 cm³/mol. The van der Waals surface area contributed by atoms with E-state index in [-0.39, 0.29) is 23.7 Å². The molecule has 0 aliphatic rings. The van der Waals surface area contributed by atoms with Crippen LogP contribution in [0.4, 0.5) is 0 Å². The first kappa shape index (κ1) is 13.5. The molecule has 1 aromatic carbocycles. The molecule has 0 saturated heterocycles. The average molecular weight is 236 g/mol. The van der Waals surface area contributed by atoms with Crippen LogP contribution in [0.3, 0.4) is 0 Å². The third-order valence-corrected chi connectivity index (χ3v) is 2.81. The lowest BCUT2D eigenvalue weighted by atomic mass is 10.0. The zero-order valence-corrected chi connectivity index (χ0v) is 10.5. The fraction of sp³-hybridized carbons (Fsp3) is 0.462. The Kier molecular flexibility index (Phi) is 4.97. The average Bonchev–Trinajstić information content (AvgIpc) is 2.35. The van der Waals surface area contributed by atoms with E-state index in [0.717, 1.165) is 12.0 Å². The van der Waals surface area contributed by atoms with Crippen LogP contribution in [0.5, 0.6) is 5.75 Å². The van der Waals surface area contributed by atoms with Crippen LogP contribution < -0.4 is 10.6 Å². The summed E-state index contributed by atoms with van der Waals surface area (Å²) in [7, 11) is 1.61. The van der Waals surface area contributed by atoms with Gasteiger partial charge < -0.3 is 10.4 Å². The molecule has 2 atom stereocenters. The van der Waals surface area contributed by atoms with E-state index < -0.39 is 0 Å². The monoisotopic (exact) mass is 236 g/mol. The van der Waals surface area contributed by atoms with Gasteiger partial charge in [-0.3, -0.25) is 10.1 Å². The number of phenolic OH excluding ortho intramolecular Hbond substituents is 1. The number of hydrogen-bond donors (Lipinski definition) is 3. The SMILES string of the molecule is CCC(NC(C)C(=O)NC)c1ccccc1O. The van der Waals surface area contributed by atoms with Crippen molar-refractivity contribution >= 4 is 5.91 Å². The second-order valence-corrected chi connectivity index (χ2v) is 4.02. The maximum absolute atomic E-state index is 11.4. The van der Waals surface area contributed by atoms with Gasteiger partial charge in [0.2, 0.25) is 5.91 Å². The van der Waals surface area contributed by atoms with Gasteiger partial charge in [0.25, 0.3) is 0 Å². The number of benzene rings is 1. The molecule has 0 aromatic heterocycles. The molecule has 0 saturated carbocycles. The molecule has 1 aromatic rings. The smallest absolute Gasteiger partial charge is 0.236 e. The minimum absolute atomic E-state index is 0.0245. The Bertz CT molecular complexity index is 379. The summed E-state index contributed by atoms with van der Waals surface area (Å²) in [6.07, 6.45) is 0.804. The summed E-state index contributed by atoms with van der Waals surface area (Å²) in [5.74, 6) is 0.204. The van der Waals surface area contributed by atoms with Gasteiger partial charge in [-0.1, -0.05) is 25.1 Å². The molecule has 0 fully saturated rings. The molecule has 1 rings (SSSR count). The number of likely N-dealkylation sites (N-methyl/N-ethyl adjacent to an activating group) is 1. The Morgan fingerprint density at radius 1 is 1.41 bits per heavy atom. The number of rotatable bonds is 5. The predicted octanol–water partition coefficient (Wildman–Crippen LogP) is 1.57. The van der Waals surface area contributed by atoms with Crippen molar-refractivity contribution in [3.63, 3.8) is 0 Å². The van der Waals surface area contributed by atoms with Crippen molar-refractivity contribution in [2.75, 3.05) is 7.05 Å². The molecular weight excluding hydrogens is 216 g/mol. The Hall–Kier alpha value is -1.55. The van der Waals surface area contributed by atoms with Crippen molar-refractivity contribution < 1.29 is 9.90 Å². The topological polar surface area (TPSA) is 61.4 Å². The van der Waals surface area contributed by atoms with Gasteiger partial charge in [-0.15, -0.1) is 0 Å². The molecule has 0 heterocycles. The van der Waals surface area contributed by atoms with Gasteiger partial charge in [-0.05, 0) is 19.4 Å². The normalized spacial score (nSPS) is 14.1. The van der Waals surface area contributed by atoms with Crippen LogP contribution in [-0.4, -0.2) is 24.1 Å². The highest BCUT2D eigenvalue weighted by Crippen LogP contribution is 2.26. The number of hydrogen-bond acceptors (Lipinski definition) is 3. The van der Waals surface area contributed by atoms with Gasteiger partial charge in [0, 0.05) is 18.7 Å². The molecule has 0 aliphatic heterocycles. The number of aromatic hydroxyl groups is 1. The summed E-state index contributed by atoms with van der Waals surface area (Å²) in [4.78, 5) is 11.4. The Morgan fingerprint density at radius 2 is 2.06 bits per heavy atom. The van der Waals surface area contributed by atoms with Crippen molar-refractivity contribution in [3.8, 4) is 5.75 Å². The summed E-state index contributed by atoms with van der Waals surface area (Å²) < 4.78 is 0. The molecule has 17 heavy (non-hydrogen) atoms. The number of carbonyl (C=O) groups is 1. The minimum Gasteiger partial charge on any atom is -0.508 e. The van der Waals surface area contributed by atoms with Gasteiger partial charge in [0.1, 0.15) is 5.75 Å². The third-order valence-electron chi connectivity index (χ3n) is 2.81. The van der Waals surface area contributed by atoms with Crippen LogP contribution in [0.25, 0.3) is 0 Å². The second kappa shape index (κ2) is 6.25. The highest BCUT2D eigenvalue weighted by atomic mass is 16.3. The fourth-order valence-electron chi connectivity index (χ4n) is 1.80. The third kappa shape index (κ3) is 3.46. The van der Waals surface area contributed by atoms with Crippen LogP contribution in [0, 0.1) is 0 Å². The number of para-hydroxylation sites is 1. The number of amides is 1. The van der Waals surface area contributed by atoms with E-state index in [9.17, 15) is 9.90 Å². The Balaban J connectivity index is 2.79. The van der Waals surface area contributed by atoms with Gasteiger partial charge in [0.15, 0.2) is 0 Å². The maximum Gasteiger partial charge on any atom is 0.236 e. The van der Waals surface area contributed by atoms with E-state index >= 15 is 0 Å². The molecule has 0 bridgehead atoms. The summed E-state index contributed by atoms with van der Waals surface area (Å²) in [6.45, 7) is 3.82. The van der Waals surface area contributed by atoms with Crippen LogP contribution >= 0.6 is 0 Å². The second-order valence-electron chi connectivity index (χ2n) is 4.02. The lowest BCUT2D eigenvalue weighted by Crippen LogP contribution is -2.42. The lowest BCUT2D eigenvalue weighted by molar-refractivity contribution is -0.122. The number of nitrogens with one attached hydrogen (secondary N) is 2. The quantitative estimate of drug-likeness (QED) is 0.727. The first-order chi connectivity index (χ1) is 8.10. The van der Waals surface area contributed by atoms with Crippen molar-refractivity contribution in [2.24, 2.45) is 0 Å². The van der Waals surface area contributed by atoms with Gasteiger partial charge in [-0.25, -0.2) is 0 Å². The molecule has 94 valence electrons. The first-order valence-corrected chi connectivity index (χ1v) is 5.85. The summed E-state index contributed by atoms with van der Waals surface area (Å²) >= 11 is 0. The Labute approximate surface area is 102 Å². The van der Waals surface area contributed by atoms with Crippen LogP contribution in [0.2, 0.25) is 0 Å². The molecule has 3 N–H and O–H groups in total. The van der Waals surface area contributed by atoms with E-state index in [1.807, 2.05) is 26.0 Å². The Morgan fingerprint density at radius 3 is 2.59 bits per heavy atom. The molecule has 2 unspecified atom stereocenters. The highest BCUT2D eigenvalue weighted by Gasteiger charge is 2.18. The van der Waals surface area contributed by atoms with Crippen LogP contribution in [-0.2, 0) is 4.79 Å². The summed E-state index contributed by atoms with van der Waals surface area (Å²) in [5.41, 5.74) is 0.825. The molecule has 0 aliphatic carbocycles. The summed E-state index contributed by atoms with van der Waals surface area (Å²) in [6, 6.07) is 6.88. The number of phenols is 1. The van der Waals surface area contributed by atoms with E-state index in [2.05, 4.69) is 10.6 Å². The van der Waals surface area contributed by atoms with Gasteiger partial charge in [0.05, 0.1) is 6.04 Å². The molecule has 0 spiro atoms. The van der Waals surface area contributed by atoms with Crippen LogP contribution in [0.15, 0.2) is 24.3 Å². The zero-order valence-electron chi connectivity index (χ0n) is 10.5. The van der Waals surface area contributed by atoms with Gasteiger partial charge in [-0.2, -0.15) is 0 Å². The first-order valence-electron chi connectivity index (χ1n) is 5.85. The van der Waals surface area contributed by atoms with Crippen molar-refractivity contribution in [1.82, 2.24) is 10.6 Å². The standard InChI is InChI=1S/C13H20N2O2/c1-4-11(15-9(2)13(17)14-3)10-7-5-6-8-12(10)16/h5-9,11,15-16H,4H2,1-3H3,(H,14,17). The lowest BCUT2D eigenvalue weighted by Gasteiger charge is -2.22. The molecule has 0 radical (unpaired) electrons. The minimum atomic E-state index is -0.287. The van der Waals surface area contributed by atoms with E-state index in [4.69, 9.17) is 0 Å². The highest BCUT2D eigenvalue weighted by molar-refractivity contribution is 5.81. The van der Waals surface area contributed by atoms with Gasteiger partial charge >= 0.3 is 0 Å². The van der Waals surface area contributed by atoms with E-state index in [0.29, 0.717) is 0 Å². The van der Waals surface area contributed by atoms with Crippen molar-refractivity contribution in [2.45, 2.75) is 32.4 Å². The zero-order chi connectivity index (χ0) is 12.8. The number of carbonyl (C=O) groups excluding carboxylic acids is 1. The molecule has 1 amide bonds.